The topological polar surface area (TPSA) is 18.5 Å². The van der Waals surface area contributed by atoms with E-state index in [0.717, 1.165) is 17.1 Å². The average molecular weight is 352 g/mol. The van der Waals surface area contributed by atoms with Gasteiger partial charge in [-0.3, -0.25) is 0 Å². The first-order chi connectivity index (χ1) is 8.25. The van der Waals surface area contributed by atoms with Crippen molar-refractivity contribution in [1.82, 2.24) is 0 Å². The standard InChI is InChI=1S/C13H13BrCl2O2/c1-11(2)10-12(14,13(10,15)16)8-5-4-7(17-3)6-9(8)18-11/h4-6,10H,1-3H3/t10-,12-/m1/s1. The van der Waals surface area contributed by atoms with E-state index in [0.29, 0.717) is 0 Å². The van der Waals surface area contributed by atoms with Crippen LogP contribution >= 0.6 is 39.1 Å². The first kappa shape index (κ1) is 12.9. The van der Waals surface area contributed by atoms with Gasteiger partial charge in [0.2, 0.25) is 0 Å². The third kappa shape index (κ3) is 1.36. The zero-order valence-corrected chi connectivity index (χ0v) is 13.4. The van der Waals surface area contributed by atoms with Gasteiger partial charge in [0.25, 0.3) is 0 Å². The van der Waals surface area contributed by atoms with E-state index >= 15 is 0 Å². The molecule has 18 heavy (non-hydrogen) atoms. The molecule has 2 atom stereocenters. The first-order valence-corrected chi connectivity index (χ1v) is 7.24. The Morgan fingerprint density at radius 3 is 2.61 bits per heavy atom. The van der Waals surface area contributed by atoms with Crippen LogP contribution in [0.1, 0.15) is 19.4 Å². The third-order valence-electron chi connectivity index (χ3n) is 3.81. The maximum Gasteiger partial charge on any atom is 0.146 e. The molecule has 3 rings (SSSR count). The number of rotatable bonds is 1. The molecule has 0 radical (unpaired) electrons. The van der Waals surface area contributed by atoms with Gasteiger partial charge in [-0.1, -0.05) is 45.2 Å². The van der Waals surface area contributed by atoms with Gasteiger partial charge in [-0.15, -0.1) is 0 Å². The molecule has 1 saturated carbocycles. The Balaban J connectivity index is 2.19. The molecule has 0 N–H and O–H groups in total. The molecule has 0 amide bonds. The predicted molar refractivity (Wildman–Crippen MR) is 76.2 cm³/mol. The minimum absolute atomic E-state index is 0.0155. The van der Waals surface area contributed by atoms with E-state index in [1.165, 1.54) is 0 Å². The molecule has 1 aromatic carbocycles. The van der Waals surface area contributed by atoms with Crippen molar-refractivity contribution in [2.45, 2.75) is 28.1 Å². The van der Waals surface area contributed by atoms with Crippen LogP contribution < -0.4 is 9.47 Å². The van der Waals surface area contributed by atoms with E-state index in [2.05, 4.69) is 15.9 Å². The number of ether oxygens (including phenoxy) is 2. The van der Waals surface area contributed by atoms with Gasteiger partial charge >= 0.3 is 0 Å². The molecule has 0 saturated heterocycles. The Kier molecular flexibility index (Phi) is 2.51. The summed E-state index contributed by atoms with van der Waals surface area (Å²) in [6.07, 6.45) is 0. The van der Waals surface area contributed by atoms with Crippen molar-refractivity contribution in [2.75, 3.05) is 7.11 Å². The van der Waals surface area contributed by atoms with Gasteiger partial charge in [-0.25, -0.2) is 0 Å². The monoisotopic (exact) mass is 350 g/mol. The third-order valence-corrected chi connectivity index (χ3v) is 6.81. The zero-order valence-electron chi connectivity index (χ0n) is 10.3. The molecule has 0 bridgehead atoms. The van der Waals surface area contributed by atoms with Crippen LogP contribution in [0.5, 0.6) is 11.5 Å². The number of benzene rings is 1. The number of alkyl halides is 3. The van der Waals surface area contributed by atoms with E-state index < -0.39 is 14.3 Å². The fourth-order valence-electron chi connectivity index (χ4n) is 2.98. The second-order valence-corrected chi connectivity index (χ2v) is 7.97. The highest BCUT2D eigenvalue weighted by molar-refractivity contribution is 9.10. The minimum Gasteiger partial charge on any atom is -0.497 e. The van der Waals surface area contributed by atoms with Crippen LogP contribution in [0.3, 0.4) is 0 Å². The van der Waals surface area contributed by atoms with Crippen LogP contribution in [-0.4, -0.2) is 17.0 Å². The highest BCUT2D eigenvalue weighted by Gasteiger charge is 2.83. The average Bonchev–Trinajstić information content (AvgIpc) is 2.73. The molecule has 98 valence electrons. The Hall–Kier alpha value is -0.120. The zero-order chi connectivity index (χ0) is 13.3. The largest absolute Gasteiger partial charge is 0.497 e. The molecule has 1 fully saturated rings. The smallest absolute Gasteiger partial charge is 0.146 e. The van der Waals surface area contributed by atoms with Crippen molar-refractivity contribution < 1.29 is 9.47 Å². The normalized spacial score (nSPS) is 34.0. The number of fused-ring (bicyclic) bond motifs is 3. The van der Waals surface area contributed by atoms with E-state index in [1.807, 2.05) is 32.0 Å². The van der Waals surface area contributed by atoms with Gasteiger partial charge in [-0.05, 0) is 19.9 Å². The SMILES string of the molecule is COc1ccc2c(c1)OC(C)(C)[C@H]1C(Cl)(Cl)[C@@]21Br. The molecule has 5 heteroatoms. The molecule has 2 nitrogen and oxygen atoms in total. The molecular weight excluding hydrogens is 339 g/mol. The maximum atomic E-state index is 6.45. The molecule has 1 aromatic rings. The molecule has 0 unspecified atom stereocenters. The molecule has 1 aliphatic carbocycles. The number of halogens is 3. The van der Waals surface area contributed by atoms with Crippen LogP contribution in [0, 0.1) is 5.92 Å². The molecule has 0 aromatic heterocycles. The van der Waals surface area contributed by atoms with Crippen molar-refractivity contribution in [2.24, 2.45) is 5.92 Å². The molecule has 2 aliphatic rings. The van der Waals surface area contributed by atoms with Crippen molar-refractivity contribution in [3.8, 4) is 11.5 Å². The molecule has 0 spiro atoms. The Labute approximate surface area is 125 Å². The summed E-state index contributed by atoms with van der Waals surface area (Å²) in [6.45, 7) is 4.01. The summed E-state index contributed by atoms with van der Waals surface area (Å²) < 4.78 is 9.97. The highest BCUT2D eigenvalue weighted by Crippen LogP contribution is 2.79. The Morgan fingerprint density at radius 1 is 1.33 bits per heavy atom. The van der Waals surface area contributed by atoms with Gasteiger partial charge < -0.3 is 9.47 Å². The predicted octanol–water partition coefficient (Wildman–Crippen LogP) is 4.26. The lowest BCUT2D eigenvalue weighted by Gasteiger charge is -2.34. The van der Waals surface area contributed by atoms with Crippen molar-refractivity contribution in [3.63, 3.8) is 0 Å². The second kappa shape index (κ2) is 3.50. The number of hydrogen-bond donors (Lipinski definition) is 0. The Bertz CT molecular complexity index is 530. The van der Waals surface area contributed by atoms with Gasteiger partial charge in [-0.2, -0.15) is 0 Å². The fraction of sp³-hybridized carbons (Fsp3) is 0.538. The van der Waals surface area contributed by atoms with Crippen molar-refractivity contribution in [3.05, 3.63) is 23.8 Å². The molecule has 1 aliphatic heterocycles. The summed E-state index contributed by atoms with van der Waals surface area (Å²) in [5.74, 6) is 1.55. The summed E-state index contributed by atoms with van der Waals surface area (Å²) >= 11 is 16.6. The van der Waals surface area contributed by atoms with Gasteiger partial charge in [0, 0.05) is 11.6 Å². The van der Waals surface area contributed by atoms with Gasteiger partial charge in [0.1, 0.15) is 21.4 Å². The molecule has 1 heterocycles. The van der Waals surface area contributed by atoms with Crippen LogP contribution in [-0.2, 0) is 4.32 Å². The second-order valence-electron chi connectivity index (χ2n) is 5.34. The quantitative estimate of drug-likeness (QED) is 0.704. The number of methoxy groups -OCH3 is 1. The summed E-state index contributed by atoms with van der Waals surface area (Å²) in [6, 6.07) is 5.72. The summed E-state index contributed by atoms with van der Waals surface area (Å²) in [7, 11) is 1.63. The molecular formula is C13H13BrCl2O2. The van der Waals surface area contributed by atoms with Crippen LogP contribution in [0.15, 0.2) is 18.2 Å². The van der Waals surface area contributed by atoms with Gasteiger partial charge in [0.15, 0.2) is 0 Å². The number of hydrogen-bond acceptors (Lipinski definition) is 2. The lowest BCUT2D eigenvalue weighted by molar-refractivity contribution is 0.0682. The summed E-state index contributed by atoms with van der Waals surface area (Å²) in [5.41, 5.74) is 0.560. The van der Waals surface area contributed by atoms with E-state index in [1.54, 1.807) is 7.11 Å². The first-order valence-electron chi connectivity index (χ1n) is 5.69. The van der Waals surface area contributed by atoms with E-state index in [4.69, 9.17) is 32.7 Å². The minimum atomic E-state index is -0.851. The summed E-state index contributed by atoms with van der Waals surface area (Å²) in [5, 5.41) is 0. The van der Waals surface area contributed by atoms with E-state index in [-0.39, 0.29) is 5.92 Å². The van der Waals surface area contributed by atoms with Crippen LogP contribution in [0.2, 0.25) is 0 Å². The van der Waals surface area contributed by atoms with Gasteiger partial charge in [0.05, 0.1) is 17.4 Å². The summed E-state index contributed by atoms with van der Waals surface area (Å²) in [4.78, 5) is 0. The van der Waals surface area contributed by atoms with E-state index in [9.17, 15) is 0 Å². The van der Waals surface area contributed by atoms with Crippen LogP contribution in [0.4, 0.5) is 0 Å². The fourth-order valence-corrected chi connectivity index (χ4v) is 5.75. The van der Waals surface area contributed by atoms with Crippen LogP contribution in [0.25, 0.3) is 0 Å². The maximum absolute atomic E-state index is 6.45. The van der Waals surface area contributed by atoms with Crippen molar-refractivity contribution in [1.29, 1.82) is 0 Å². The Morgan fingerprint density at radius 2 is 2.00 bits per heavy atom. The van der Waals surface area contributed by atoms with Crippen molar-refractivity contribution >= 4 is 39.1 Å². The lowest BCUT2D eigenvalue weighted by Crippen LogP contribution is -2.37. The highest BCUT2D eigenvalue weighted by atomic mass is 79.9. The lowest BCUT2D eigenvalue weighted by atomic mass is 9.94.